The van der Waals surface area contributed by atoms with Crippen molar-refractivity contribution in [3.63, 3.8) is 0 Å². The normalized spacial score (nSPS) is 23.9. The Kier molecular flexibility index (Phi) is 4.88. The molecule has 0 saturated heterocycles. The van der Waals surface area contributed by atoms with Gasteiger partial charge in [-0.2, -0.15) is 16.9 Å². The lowest BCUT2D eigenvalue weighted by Gasteiger charge is -2.18. The third kappa shape index (κ3) is 3.50. The smallest absolute Gasteiger partial charge is 0.243 e. The molecule has 0 aromatic carbocycles. The topological polar surface area (TPSA) is 90.0 Å². The number of thioether (sulfide) groups is 1. The first-order chi connectivity index (χ1) is 9.06. The van der Waals surface area contributed by atoms with E-state index in [1.165, 1.54) is 12.4 Å². The summed E-state index contributed by atoms with van der Waals surface area (Å²) in [6.07, 6.45) is 7.98. The van der Waals surface area contributed by atoms with Crippen LogP contribution in [-0.4, -0.2) is 42.3 Å². The molecular weight excluding hydrogens is 284 g/mol. The first kappa shape index (κ1) is 14.8. The third-order valence-corrected chi connectivity index (χ3v) is 5.95. The second-order valence-electron chi connectivity index (χ2n) is 4.66. The summed E-state index contributed by atoms with van der Waals surface area (Å²) < 4.78 is 28.9. The number of nitrogens with zero attached hydrogens (tertiary/aromatic N) is 2. The highest BCUT2D eigenvalue weighted by atomic mass is 32.2. The lowest BCUT2D eigenvalue weighted by Crippen LogP contribution is -2.38. The minimum atomic E-state index is -3.47. The van der Waals surface area contributed by atoms with Gasteiger partial charge in [-0.05, 0) is 19.1 Å². The Morgan fingerprint density at radius 2 is 2.37 bits per heavy atom. The zero-order valence-electron chi connectivity index (χ0n) is 10.9. The second kappa shape index (κ2) is 6.25. The summed E-state index contributed by atoms with van der Waals surface area (Å²) in [6.45, 7) is 0.957. The number of hydrogen-bond acceptors (Lipinski definition) is 5. The van der Waals surface area contributed by atoms with E-state index in [0.717, 1.165) is 19.3 Å². The van der Waals surface area contributed by atoms with Gasteiger partial charge < -0.3 is 5.73 Å². The molecule has 1 saturated carbocycles. The number of sulfonamides is 1. The van der Waals surface area contributed by atoms with Gasteiger partial charge in [0.15, 0.2) is 0 Å². The van der Waals surface area contributed by atoms with Crippen LogP contribution in [0.3, 0.4) is 0 Å². The van der Waals surface area contributed by atoms with Gasteiger partial charge >= 0.3 is 0 Å². The van der Waals surface area contributed by atoms with E-state index in [1.54, 1.807) is 16.4 Å². The van der Waals surface area contributed by atoms with Gasteiger partial charge in [-0.25, -0.2) is 13.1 Å². The van der Waals surface area contributed by atoms with Crippen LogP contribution in [0.4, 0.5) is 0 Å². The van der Waals surface area contributed by atoms with Gasteiger partial charge in [0.1, 0.15) is 4.90 Å². The van der Waals surface area contributed by atoms with Crippen molar-refractivity contribution in [2.75, 3.05) is 12.8 Å². The van der Waals surface area contributed by atoms with Crippen LogP contribution in [0.25, 0.3) is 0 Å². The van der Waals surface area contributed by atoms with Crippen molar-refractivity contribution in [2.24, 2.45) is 5.73 Å². The highest BCUT2D eigenvalue weighted by Gasteiger charge is 2.31. The predicted molar refractivity (Wildman–Crippen MR) is 76.5 cm³/mol. The summed E-state index contributed by atoms with van der Waals surface area (Å²) in [7, 11) is -3.47. The molecule has 0 spiro atoms. The van der Waals surface area contributed by atoms with E-state index < -0.39 is 10.0 Å². The molecule has 3 N–H and O–H groups in total. The molecule has 1 aliphatic rings. The summed E-state index contributed by atoms with van der Waals surface area (Å²) in [6, 6.07) is 0.0258. The van der Waals surface area contributed by atoms with Gasteiger partial charge in [-0.15, -0.1) is 0 Å². The molecule has 2 rings (SSSR count). The lowest BCUT2D eigenvalue weighted by atomic mass is 10.3. The van der Waals surface area contributed by atoms with Crippen molar-refractivity contribution in [1.29, 1.82) is 0 Å². The van der Waals surface area contributed by atoms with Crippen molar-refractivity contribution in [2.45, 2.75) is 42.0 Å². The molecule has 2 atom stereocenters. The maximum Gasteiger partial charge on any atom is 0.243 e. The molecule has 6 nitrogen and oxygen atoms in total. The van der Waals surface area contributed by atoms with Gasteiger partial charge in [-0.3, -0.25) is 4.68 Å². The molecular formula is C11H20N4O2S2. The zero-order chi connectivity index (χ0) is 13.9. The number of nitrogens with two attached hydrogens (primary N) is 1. The molecule has 108 valence electrons. The molecule has 1 aromatic heterocycles. The minimum Gasteiger partial charge on any atom is -0.329 e. The van der Waals surface area contributed by atoms with E-state index >= 15 is 0 Å². The summed E-state index contributed by atoms with van der Waals surface area (Å²) in [5.41, 5.74) is 5.42. The molecule has 0 aliphatic heterocycles. The van der Waals surface area contributed by atoms with E-state index in [-0.39, 0.29) is 10.9 Å². The van der Waals surface area contributed by atoms with E-state index in [1.807, 2.05) is 6.26 Å². The Morgan fingerprint density at radius 3 is 3.05 bits per heavy atom. The SMILES string of the molecule is CSC1CCCC1NS(=O)(=O)c1cnn(CCN)c1. The molecule has 1 aliphatic carbocycles. The van der Waals surface area contributed by atoms with Crippen molar-refractivity contribution >= 4 is 21.8 Å². The highest BCUT2D eigenvalue weighted by Crippen LogP contribution is 2.29. The van der Waals surface area contributed by atoms with Gasteiger partial charge in [0.2, 0.25) is 10.0 Å². The van der Waals surface area contributed by atoms with Crippen LogP contribution in [0.5, 0.6) is 0 Å². The summed E-state index contributed by atoms with van der Waals surface area (Å²) in [4.78, 5) is 0.215. The fraction of sp³-hybridized carbons (Fsp3) is 0.727. The van der Waals surface area contributed by atoms with Crippen LogP contribution in [0.2, 0.25) is 0 Å². The molecule has 8 heteroatoms. The van der Waals surface area contributed by atoms with Gasteiger partial charge in [0.05, 0.1) is 12.7 Å². The standard InChI is InChI=1S/C11H20N4O2S2/c1-18-11-4-2-3-10(11)14-19(16,17)9-7-13-15(8-9)6-5-12/h7-8,10-11,14H,2-6,12H2,1H3. The first-order valence-electron chi connectivity index (χ1n) is 6.34. The van der Waals surface area contributed by atoms with E-state index in [2.05, 4.69) is 9.82 Å². The number of aromatic nitrogens is 2. The van der Waals surface area contributed by atoms with Crippen LogP contribution in [0.1, 0.15) is 19.3 Å². The molecule has 1 heterocycles. The average molecular weight is 304 g/mol. The molecule has 0 radical (unpaired) electrons. The quantitative estimate of drug-likeness (QED) is 0.794. The zero-order valence-corrected chi connectivity index (χ0v) is 12.6. The Balaban J connectivity index is 2.08. The molecule has 19 heavy (non-hydrogen) atoms. The molecule has 1 aromatic rings. The largest absolute Gasteiger partial charge is 0.329 e. The van der Waals surface area contributed by atoms with Gasteiger partial charge in [0, 0.05) is 24.0 Å². The van der Waals surface area contributed by atoms with Crippen molar-refractivity contribution < 1.29 is 8.42 Å². The Bertz CT molecular complexity index is 515. The van der Waals surface area contributed by atoms with E-state index in [9.17, 15) is 8.42 Å². The maximum atomic E-state index is 12.3. The summed E-state index contributed by atoms with van der Waals surface area (Å²) in [5, 5.41) is 4.37. The third-order valence-electron chi connectivity index (χ3n) is 3.34. The van der Waals surface area contributed by atoms with E-state index in [0.29, 0.717) is 18.3 Å². The van der Waals surface area contributed by atoms with Crippen molar-refractivity contribution in [3.8, 4) is 0 Å². The Morgan fingerprint density at radius 1 is 1.58 bits per heavy atom. The molecule has 0 amide bonds. The van der Waals surface area contributed by atoms with Gasteiger partial charge in [-0.1, -0.05) is 6.42 Å². The summed E-state index contributed by atoms with van der Waals surface area (Å²) in [5.74, 6) is 0. The Labute approximate surface area is 118 Å². The first-order valence-corrected chi connectivity index (χ1v) is 9.11. The lowest BCUT2D eigenvalue weighted by molar-refractivity contribution is 0.554. The molecule has 2 unspecified atom stereocenters. The molecule has 0 bridgehead atoms. The monoisotopic (exact) mass is 304 g/mol. The van der Waals surface area contributed by atoms with Crippen LogP contribution in [0.15, 0.2) is 17.3 Å². The fourth-order valence-corrected chi connectivity index (χ4v) is 4.63. The van der Waals surface area contributed by atoms with E-state index in [4.69, 9.17) is 5.73 Å². The number of rotatable bonds is 6. The fourth-order valence-electron chi connectivity index (χ4n) is 2.35. The highest BCUT2D eigenvalue weighted by molar-refractivity contribution is 7.99. The van der Waals surface area contributed by atoms with Crippen molar-refractivity contribution in [1.82, 2.24) is 14.5 Å². The van der Waals surface area contributed by atoms with Crippen LogP contribution >= 0.6 is 11.8 Å². The maximum absolute atomic E-state index is 12.3. The number of hydrogen-bond donors (Lipinski definition) is 2. The van der Waals surface area contributed by atoms with Crippen LogP contribution < -0.4 is 10.5 Å². The van der Waals surface area contributed by atoms with Gasteiger partial charge in [0.25, 0.3) is 0 Å². The predicted octanol–water partition coefficient (Wildman–Crippen LogP) is 0.404. The minimum absolute atomic E-state index is 0.0258. The Hall–Kier alpha value is -0.570. The average Bonchev–Trinajstić information content (AvgIpc) is 2.98. The van der Waals surface area contributed by atoms with Crippen molar-refractivity contribution in [3.05, 3.63) is 12.4 Å². The number of nitrogens with one attached hydrogen (secondary N) is 1. The summed E-state index contributed by atoms with van der Waals surface area (Å²) >= 11 is 1.73. The molecule has 1 fully saturated rings. The second-order valence-corrected chi connectivity index (χ2v) is 7.45. The van der Waals surface area contributed by atoms with Crippen LogP contribution in [-0.2, 0) is 16.6 Å². The van der Waals surface area contributed by atoms with Crippen LogP contribution in [0, 0.1) is 0 Å².